The van der Waals surface area contributed by atoms with Crippen molar-refractivity contribution in [1.29, 1.82) is 0 Å². The summed E-state index contributed by atoms with van der Waals surface area (Å²) in [5.74, 6) is -0.455. The van der Waals surface area contributed by atoms with Crippen LogP contribution in [0.1, 0.15) is 10.4 Å². The molecule has 0 aliphatic heterocycles. The minimum Gasteiger partial charge on any atom is -0.397 e. The Balaban J connectivity index is 2.24. The zero-order valence-corrected chi connectivity index (χ0v) is 9.29. The van der Waals surface area contributed by atoms with Crippen molar-refractivity contribution >= 4 is 39.9 Å². The molecule has 16 heavy (non-hydrogen) atoms. The summed E-state index contributed by atoms with van der Waals surface area (Å²) in [6.45, 7) is 0. The number of carbonyl (C=O) groups is 1. The van der Waals surface area contributed by atoms with E-state index in [2.05, 4.69) is 25.1 Å². The second-order valence-electron chi connectivity index (χ2n) is 2.73. The van der Waals surface area contributed by atoms with Gasteiger partial charge in [-0.15, -0.1) is 0 Å². The first kappa shape index (κ1) is 10.7. The number of hydrogen-bond acceptors (Lipinski definition) is 7. The van der Waals surface area contributed by atoms with Gasteiger partial charge in [-0.3, -0.25) is 10.1 Å². The van der Waals surface area contributed by atoms with Gasteiger partial charge in [0.1, 0.15) is 5.15 Å². The van der Waals surface area contributed by atoms with E-state index in [9.17, 15) is 4.79 Å². The van der Waals surface area contributed by atoms with Crippen LogP contribution in [0.25, 0.3) is 0 Å². The van der Waals surface area contributed by atoms with Crippen molar-refractivity contribution in [1.82, 2.24) is 19.8 Å². The molecule has 1 amide bonds. The van der Waals surface area contributed by atoms with E-state index in [-0.39, 0.29) is 15.8 Å². The van der Waals surface area contributed by atoms with Gasteiger partial charge in [-0.25, -0.2) is 4.98 Å². The molecule has 82 valence electrons. The Morgan fingerprint density at radius 3 is 3.06 bits per heavy atom. The van der Waals surface area contributed by atoms with E-state index in [1.807, 2.05) is 0 Å². The second-order valence-corrected chi connectivity index (χ2v) is 3.82. The first-order valence-electron chi connectivity index (χ1n) is 4.04. The lowest BCUT2D eigenvalue weighted by molar-refractivity contribution is 0.102. The topological polar surface area (TPSA) is 107 Å². The van der Waals surface area contributed by atoms with E-state index >= 15 is 0 Å². The maximum atomic E-state index is 11.7. The number of halogens is 1. The first-order chi connectivity index (χ1) is 7.66. The zero-order valence-electron chi connectivity index (χ0n) is 7.72. The number of nitrogen functional groups attached to an aromatic ring is 1. The van der Waals surface area contributed by atoms with Crippen LogP contribution in [-0.4, -0.2) is 25.7 Å². The van der Waals surface area contributed by atoms with Crippen LogP contribution in [0.2, 0.25) is 5.15 Å². The smallest absolute Gasteiger partial charge is 0.260 e. The van der Waals surface area contributed by atoms with E-state index in [0.29, 0.717) is 5.69 Å². The third-order valence-corrected chi connectivity index (χ3v) is 2.44. The maximum absolute atomic E-state index is 11.7. The van der Waals surface area contributed by atoms with Gasteiger partial charge in [-0.2, -0.15) is 0 Å². The van der Waals surface area contributed by atoms with Gasteiger partial charge in [0.2, 0.25) is 5.13 Å². The molecule has 0 bridgehead atoms. The Labute approximate surface area is 98.8 Å². The quantitative estimate of drug-likeness (QED) is 0.770. The highest BCUT2D eigenvalue weighted by molar-refractivity contribution is 7.09. The van der Waals surface area contributed by atoms with Gasteiger partial charge in [0.25, 0.3) is 5.91 Å². The number of aromatic nitrogens is 4. The Bertz CT molecular complexity index is 516. The lowest BCUT2D eigenvalue weighted by atomic mass is 10.2. The van der Waals surface area contributed by atoms with Crippen LogP contribution in [0.4, 0.5) is 10.8 Å². The van der Waals surface area contributed by atoms with Crippen molar-refractivity contribution in [3.05, 3.63) is 23.0 Å². The van der Waals surface area contributed by atoms with Gasteiger partial charge in [0.05, 0.1) is 17.4 Å². The second kappa shape index (κ2) is 4.37. The lowest BCUT2D eigenvalue weighted by Gasteiger charge is -2.03. The molecule has 0 aromatic carbocycles. The molecular formula is C7H5ClN6OS. The summed E-state index contributed by atoms with van der Waals surface area (Å²) in [4.78, 5) is 15.5. The fourth-order valence-corrected chi connectivity index (χ4v) is 1.52. The van der Waals surface area contributed by atoms with Crippen molar-refractivity contribution in [3.8, 4) is 0 Å². The third-order valence-electron chi connectivity index (χ3n) is 1.62. The highest BCUT2D eigenvalue weighted by Gasteiger charge is 2.13. The summed E-state index contributed by atoms with van der Waals surface area (Å²) in [5.41, 5.74) is 6.03. The number of rotatable bonds is 2. The molecule has 0 aliphatic rings. The van der Waals surface area contributed by atoms with Gasteiger partial charge in [0, 0.05) is 11.5 Å². The fraction of sp³-hybridized carbons (Fsp3) is 0. The third kappa shape index (κ3) is 2.23. The molecule has 0 aliphatic carbocycles. The van der Waals surface area contributed by atoms with Gasteiger partial charge in [-0.05, 0) is 11.3 Å². The van der Waals surface area contributed by atoms with Gasteiger partial charge < -0.3 is 5.73 Å². The molecule has 2 aromatic rings. The maximum Gasteiger partial charge on any atom is 0.260 e. The minimum atomic E-state index is -0.455. The van der Waals surface area contributed by atoms with Gasteiger partial charge >= 0.3 is 0 Å². The van der Waals surface area contributed by atoms with E-state index < -0.39 is 5.91 Å². The molecule has 7 nitrogen and oxygen atoms in total. The Hall–Kier alpha value is -1.80. The molecule has 2 rings (SSSR count). The van der Waals surface area contributed by atoms with Crippen LogP contribution >= 0.6 is 23.1 Å². The van der Waals surface area contributed by atoms with Crippen molar-refractivity contribution in [2.45, 2.75) is 0 Å². The number of amides is 1. The van der Waals surface area contributed by atoms with E-state index in [0.717, 1.165) is 11.5 Å². The molecule has 0 spiro atoms. The summed E-state index contributed by atoms with van der Waals surface area (Å²) >= 11 is 6.71. The van der Waals surface area contributed by atoms with Crippen LogP contribution in [0, 0.1) is 0 Å². The molecule has 0 saturated heterocycles. The Morgan fingerprint density at radius 1 is 1.56 bits per heavy atom. The first-order valence-corrected chi connectivity index (χ1v) is 5.19. The predicted octanol–water partition coefficient (Wildman–Crippen LogP) is 0.816. The fourth-order valence-electron chi connectivity index (χ4n) is 0.970. The summed E-state index contributed by atoms with van der Waals surface area (Å²) < 4.78 is 3.50. The van der Waals surface area contributed by atoms with E-state index in [1.165, 1.54) is 12.3 Å². The molecule has 0 fully saturated rings. The van der Waals surface area contributed by atoms with Gasteiger partial charge in [0.15, 0.2) is 0 Å². The summed E-state index contributed by atoms with van der Waals surface area (Å²) in [6.07, 6.45) is 1.37. The van der Waals surface area contributed by atoms with Crippen molar-refractivity contribution in [2.24, 2.45) is 0 Å². The highest BCUT2D eigenvalue weighted by atomic mass is 35.5. The molecule has 2 aromatic heterocycles. The highest BCUT2D eigenvalue weighted by Crippen LogP contribution is 2.17. The van der Waals surface area contributed by atoms with Crippen LogP contribution < -0.4 is 11.1 Å². The summed E-state index contributed by atoms with van der Waals surface area (Å²) in [7, 11) is 0. The molecule has 0 saturated carbocycles. The summed E-state index contributed by atoms with van der Waals surface area (Å²) in [5, 5.41) is 9.73. The lowest BCUT2D eigenvalue weighted by Crippen LogP contribution is -2.13. The number of nitrogens with one attached hydrogen (secondary N) is 1. The monoisotopic (exact) mass is 256 g/mol. The van der Waals surface area contributed by atoms with Crippen molar-refractivity contribution in [3.63, 3.8) is 0 Å². The van der Waals surface area contributed by atoms with Crippen molar-refractivity contribution in [2.75, 3.05) is 11.1 Å². The molecule has 2 heterocycles. The number of carbonyl (C=O) groups excluding carboxylic acids is 1. The number of anilines is 2. The molecule has 0 radical (unpaired) electrons. The van der Waals surface area contributed by atoms with E-state index in [4.69, 9.17) is 17.3 Å². The molecule has 9 heteroatoms. The van der Waals surface area contributed by atoms with Crippen LogP contribution in [0.15, 0.2) is 12.3 Å². The Kier molecular flexibility index (Phi) is 2.93. The Morgan fingerprint density at radius 2 is 2.38 bits per heavy atom. The predicted molar refractivity (Wildman–Crippen MR) is 59.3 cm³/mol. The number of nitrogens with zero attached hydrogens (tertiary/aromatic N) is 4. The number of nitrogens with two attached hydrogens (primary N) is 1. The molecule has 3 N–H and O–H groups in total. The largest absolute Gasteiger partial charge is 0.397 e. The van der Waals surface area contributed by atoms with Crippen LogP contribution in [0.3, 0.4) is 0 Å². The van der Waals surface area contributed by atoms with Crippen molar-refractivity contribution < 1.29 is 4.79 Å². The summed E-state index contributed by atoms with van der Waals surface area (Å²) in [6, 6.07) is 1.43. The number of pyridine rings is 1. The molecule has 0 unspecified atom stereocenters. The molecular weight excluding hydrogens is 252 g/mol. The normalized spacial score (nSPS) is 10.1. The SMILES string of the molecule is Nc1cnc(Cl)c(C(=O)Nc2nnns2)c1. The number of hydrogen-bond donors (Lipinski definition) is 2. The van der Waals surface area contributed by atoms with Crippen LogP contribution in [0.5, 0.6) is 0 Å². The standard InChI is InChI=1S/C7H5ClN6OS/c8-5-4(1-3(9)2-10-5)6(15)11-7-12-13-14-16-7/h1-2H,9H2,(H,11,12,14,15). The average molecular weight is 257 g/mol. The van der Waals surface area contributed by atoms with Gasteiger partial charge in [-0.1, -0.05) is 21.2 Å². The molecule has 0 atom stereocenters. The van der Waals surface area contributed by atoms with Crippen LogP contribution in [-0.2, 0) is 0 Å². The van der Waals surface area contributed by atoms with E-state index in [1.54, 1.807) is 0 Å². The zero-order chi connectivity index (χ0) is 11.5. The average Bonchev–Trinajstić information content (AvgIpc) is 2.74. The minimum absolute atomic E-state index is 0.0733.